The number of piperazine rings is 1. The lowest BCUT2D eigenvalue weighted by Gasteiger charge is -2.37. The summed E-state index contributed by atoms with van der Waals surface area (Å²) in [6.07, 6.45) is 1.27. The van der Waals surface area contributed by atoms with Gasteiger partial charge in [-0.1, -0.05) is 0 Å². The highest BCUT2D eigenvalue weighted by Crippen LogP contribution is 2.23. The lowest BCUT2D eigenvalue weighted by atomic mass is 10.1. The van der Waals surface area contributed by atoms with Gasteiger partial charge in [0.1, 0.15) is 11.8 Å². The lowest BCUT2D eigenvalue weighted by molar-refractivity contribution is 0.0582. The zero-order chi connectivity index (χ0) is 15.5. The van der Waals surface area contributed by atoms with Crippen LogP contribution in [0.4, 0.5) is 0 Å². The molecule has 0 spiro atoms. The van der Waals surface area contributed by atoms with Crippen molar-refractivity contribution in [3.05, 3.63) is 29.1 Å². The zero-order valence-electron chi connectivity index (χ0n) is 12.8. The summed E-state index contributed by atoms with van der Waals surface area (Å²) in [6, 6.07) is 6.12. The van der Waals surface area contributed by atoms with E-state index in [1.54, 1.807) is 19.1 Å². The molecule has 0 aromatic carbocycles. The third kappa shape index (κ3) is 3.11. The number of hydrogen-bond acceptors (Lipinski definition) is 5. The van der Waals surface area contributed by atoms with Gasteiger partial charge in [0.15, 0.2) is 0 Å². The first-order valence-corrected chi connectivity index (χ1v) is 8.83. The number of amides is 1. The summed E-state index contributed by atoms with van der Waals surface area (Å²) in [4.78, 5) is 21.2. The Morgan fingerprint density at radius 2 is 2.14 bits per heavy atom. The van der Waals surface area contributed by atoms with E-state index < -0.39 is 0 Å². The molecule has 0 radical (unpaired) electrons. The molecular weight excluding hydrogens is 296 g/mol. The summed E-state index contributed by atoms with van der Waals surface area (Å²) in [6.45, 7) is 5.20. The van der Waals surface area contributed by atoms with Crippen molar-refractivity contribution in [1.82, 2.24) is 14.8 Å². The minimum atomic E-state index is -0.0203. The van der Waals surface area contributed by atoms with E-state index in [1.165, 1.54) is 17.9 Å². The number of carbonyl (C=O) groups is 1. The Hall–Kier alpha value is -1.58. The smallest absolute Gasteiger partial charge is 0.272 e. The number of thioether (sulfide) groups is 1. The molecule has 5 nitrogen and oxygen atoms in total. The second-order valence-electron chi connectivity index (χ2n) is 5.79. The molecule has 2 saturated heterocycles. The average Bonchev–Trinajstić information content (AvgIpc) is 3.09. The van der Waals surface area contributed by atoms with Gasteiger partial charge in [-0.05, 0) is 31.2 Å². The Morgan fingerprint density at radius 1 is 1.36 bits per heavy atom. The maximum absolute atomic E-state index is 12.5. The van der Waals surface area contributed by atoms with Crippen molar-refractivity contribution in [3.8, 4) is 6.07 Å². The van der Waals surface area contributed by atoms with Gasteiger partial charge in [0.25, 0.3) is 5.91 Å². The first kappa shape index (κ1) is 15.3. The lowest BCUT2D eigenvalue weighted by Crippen LogP contribution is -2.52. The van der Waals surface area contributed by atoms with Crippen LogP contribution in [0, 0.1) is 18.3 Å². The highest BCUT2D eigenvalue weighted by atomic mass is 32.2. The van der Waals surface area contributed by atoms with E-state index in [4.69, 9.17) is 5.26 Å². The van der Waals surface area contributed by atoms with Crippen LogP contribution < -0.4 is 0 Å². The highest BCUT2D eigenvalue weighted by Gasteiger charge is 2.28. The quantitative estimate of drug-likeness (QED) is 0.828. The number of carbonyl (C=O) groups excluding carboxylic acids is 1. The van der Waals surface area contributed by atoms with Crippen LogP contribution in [0.5, 0.6) is 0 Å². The van der Waals surface area contributed by atoms with Crippen LogP contribution in [0.1, 0.15) is 28.2 Å². The molecule has 0 N–H and O–H groups in total. The Balaban J connectivity index is 1.62. The van der Waals surface area contributed by atoms with E-state index in [-0.39, 0.29) is 5.91 Å². The second-order valence-corrected chi connectivity index (χ2v) is 6.94. The maximum atomic E-state index is 12.5. The molecule has 2 aliphatic heterocycles. The highest BCUT2D eigenvalue weighted by molar-refractivity contribution is 7.99. The van der Waals surface area contributed by atoms with Crippen molar-refractivity contribution in [2.24, 2.45) is 0 Å². The molecule has 1 aromatic heterocycles. The predicted octanol–water partition coefficient (Wildman–Crippen LogP) is 1.52. The first-order valence-electron chi connectivity index (χ1n) is 7.68. The van der Waals surface area contributed by atoms with Gasteiger partial charge in [0, 0.05) is 38.0 Å². The fourth-order valence-corrected chi connectivity index (χ4v) is 4.32. The van der Waals surface area contributed by atoms with Gasteiger partial charge in [-0.25, -0.2) is 4.98 Å². The molecular formula is C16H20N4OS. The Morgan fingerprint density at radius 3 is 2.73 bits per heavy atom. The van der Waals surface area contributed by atoms with E-state index in [0.29, 0.717) is 23.0 Å². The SMILES string of the molecule is Cc1nc(C(=O)N2CCN(C3CCSC3)CC2)ccc1C#N. The number of aryl methyl sites for hydroxylation is 1. The van der Waals surface area contributed by atoms with Gasteiger partial charge >= 0.3 is 0 Å². The Labute approximate surface area is 135 Å². The number of nitriles is 1. The molecule has 3 rings (SSSR count). The average molecular weight is 316 g/mol. The monoisotopic (exact) mass is 316 g/mol. The van der Waals surface area contributed by atoms with E-state index in [1.807, 2.05) is 16.7 Å². The summed E-state index contributed by atoms with van der Waals surface area (Å²) in [7, 11) is 0. The van der Waals surface area contributed by atoms with Crippen molar-refractivity contribution in [2.75, 3.05) is 37.7 Å². The van der Waals surface area contributed by atoms with Crippen LogP contribution in [0.2, 0.25) is 0 Å². The second kappa shape index (κ2) is 6.67. The summed E-state index contributed by atoms with van der Waals surface area (Å²) in [5, 5.41) is 8.94. The van der Waals surface area contributed by atoms with Crippen LogP contribution >= 0.6 is 11.8 Å². The number of hydrogen-bond donors (Lipinski definition) is 0. The maximum Gasteiger partial charge on any atom is 0.272 e. The molecule has 2 fully saturated rings. The van der Waals surface area contributed by atoms with Gasteiger partial charge < -0.3 is 4.90 Å². The predicted molar refractivity (Wildman–Crippen MR) is 86.9 cm³/mol. The van der Waals surface area contributed by atoms with Crippen molar-refractivity contribution >= 4 is 17.7 Å². The van der Waals surface area contributed by atoms with Crippen molar-refractivity contribution in [2.45, 2.75) is 19.4 Å². The van der Waals surface area contributed by atoms with Crippen LogP contribution in [-0.4, -0.2) is 64.4 Å². The third-order valence-electron chi connectivity index (χ3n) is 4.45. The molecule has 116 valence electrons. The summed E-state index contributed by atoms with van der Waals surface area (Å²) in [5.41, 5.74) is 1.59. The molecule has 1 amide bonds. The molecule has 0 aliphatic carbocycles. The van der Waals surface area contributed by atoms with Crippen LogP contribution in [0.15, 0.2) is 12.1 Å². The molecule has 1 atom stereocenters. The van der Waals surface area contributed by atoms with Crippen molar-refractivity contribution < 1.29 is 4.79 Å². The van der Waals surface area contributed by atoms with Crippen LogP contribution in [-0.2, 0) is 0 Å². The molecule has 0 bridgehead atoms. The minimum Gasteiger partial charge on any atom is -0.335 e. The number of pyridine rings is 1. The molecule has 22 heavy (non-hydrogen) atoms. The number of aromatic nitrogens is 1. The Kier molecular flexibility index (Phi) is 4.65. The van der Waals surface area contributed by atoms with Crippen LogP contribution in [0.25, 0.3) is 0 Å². The number of rotatable bonds is 2. The minimum absolute atomic E-state index is 0.0203. The summed E-state index contributed by atoms with van der Waals surface area (Å²) in [5.74, 6) is 2.47. The fraction of sp³-hybridized carbons (Fsp3) is 0.562. The summed E-state index contributed by atoms with van der Waals surface area (Å²) < 4.78 is 0. The molecule has 2 aliphatic rings. The van der Waals surface area contributed by atoms with Gasteiger partial charge in [-0.2, -0.15) is 17.0 Å². The fourth-order valence-electron chi connectivity index (χ4n) is 3.06. The topological polar surface area (TPSA) is 60.2 Å². The molecule has 1 aromatic rings. The Bertz CT molecular complexity index is 599. The van der Waals surface area contributed by atoms with Gasteiger partial charge in [-0.15, -0.1) is 0 Å². The van der Waals surface area contributed by atoms with Crippen molar-refractivity contribution in [1.29, 1.82) is 5.26 Å². The molecule has 3 heterocycles. The third-order valence-corrected chi connectivity index (χ3v) is 5.59. The normalized spacial score (nSPS) is 22.5. The molecule has 6 heteroatoms. The van der Waals surface area contributed by atoms with E-state index >= 15 is 0 Å². The largest absolute Gasteiger partial charge is 0.335 e. The zero-order valence-corrected chi connectivity index (χ0v) is 13.6. The molecule has 1 unspecified atom stereocenters. The van der Waals surface area contributed by atoms with Crippen LogP contribution in [0.3, 0.4) is 0 Å². The summed E-state index contributed by atoms with van der Waals surface area (Å²) >= 11 is 2.03. The van der Waals surface area contributed by atoms with Gasteiger partial charge in [0.05, 0.1) is 11.3 Å². The first-order chi connectivity index (χ1) is 10.7. The van der Waals surface area contributed by atoms with E-state index in [2.05, 4.69) is 16.0 Å². The van der Waals surface area contributed by atoms with Gasteiger partial charge in [0.2, 0.25) is 0 Å². The van der Waals surface area contributed by atoms with E-state index in [0.717, 1.165) is 26.2 Å². The molecule has 0 saturated carbocycles. The number of nitrogens with zero attached hydrogens (tertiary/aromatic N) is 4. The van der Waals surface area contributed by atoms with Gasteiger partial charge in [-0.3, -0.25) is 9.69 Å². The van der Waals surface area contributed by atoms with Crippen molar-refractivity contribution in [3.63, 3.8) is 0 Å². The van der Waals surface area contributed by atoms with E-state index in [9.17, 15) is 4.79 Å². The standard InChI is InChI=1S/C16H20N4OS/c1-12-13(10-17)2-3-15(18-12)16(21)20-7-5-19(6-8-20)14-4-9-22-11-14/h2-3,14H,4-9,11H2,1H3.